The number of fused-ring (bicyclic) bond motifs is 1. The normalized spacial score (nSPS) is 15.0. The minimum atomic E-state index is -0.102. The van der Waals surface area contributed by atoms with E-state index >= 15 is 0 Å². The first-order chi connectivity index (χ1) is 19.2. The zero-order chi connectivity index (χ0) is 26.6. The average molecular weight is 507 g/mol. The maximum atomic E-state index is 4.69. The van der Waals surface area contributed by atoms with Gasteiger partial charge in [-0.25, -0.2) is 0 Å². The molecule has 5 aromatic carbocycles. The fraction of sp³-hybridized carbons (Fsp3) is 0.0303. The van der Waals surface area contributed by atoms with E-state index < -0.39 is 0 Å². The van der Waals surface area contributed by atoms with Gasteiger partial charge in [0.1, 0.15) is 6.17 Å². The van der Waals surface area contributed by atoms with Crippen LogP contribution in [0.5, 0.6) is 0 Å². The Labute approximate surface area is 226 Å². The molecule has 1 atom stereocenters. The van der Waals surface area contributed by atoms with E-state index in [0.717, 1.165) is 61.2 Å². The lowest BCUT2D eigenvalue weighted by Crippen LogP contribution is -2.33. The summed E-state index contributed by atoms with van der Waals surface area (Å²) in [5.74, 6) is 0. The van der Waals surface area contributed by atoms with E-state index in [0.29, 0.717) is 0 Å². The molecule has 1 aliphatic rings. The van der Waals surface area contributed by atoms with E-state index in [9.17, 15) is 0 Å². The first-order valence-electron chi connectivity index (χ1n) is 12.7. The van der Waals surface area contributed by atoms with Gasteiger partial charge in [-0.15, -0.1) is 15.3 Å². The molecule has 0 bridgehead atoms. The van der Waals surface area contributed by atoms with Gasteiger partial charge in [0.25, 0.3) is 0 Å². The number of azo groups is 2. The maximum absolute atomic E-state index is 4.69. The number of hydrogen-bond acceptors (Lipinski definition) is 6. The van der Waals surface area contributed by atoms with Gasteiger partial charge in [0.15, 0.2) is 0 Å². The molecule has 0 aromatic heterocycles. The highest BCUT2D eigenvalue weighted by atomic mass is 15.2. The third kappa shape index (κ3) is 4.71. The summed E-state index contributed by atoms with van der Waals surface area (Å²) in [6.07, 6.45) is 5.44. The van der Waals surface area contributed by atoms with Crippen LogP contribution in [0.15, 0.2) is 154 Å². The van der Waals surface area contributed by atoms with Crippen molar-refractivity contribution in [3.63, 3.8) is 0 Å². The topological polar surface area (TPSA) is 73.5 Å². The molecule has 0 spiro atoms. The predicted octanol–water partition coefficient (Wildman–Crippen LogP) is 10.3. The second-order valence-electron chi connectivity index (χ2n) is 9.07. The van der Waals surface area contributed by atoms with Crippen LogP contribution in [0.1, 0.15) is 0 Å². The molecule has 0 amide bonds. The van der Waals surface area contributed by atoms with E-state index in [1.54, 1.807) is 6.08 Å². The molecule has 1 unspecified atom stereocenters. The number of benzene rings is 5. The standard InChI is InChI=1S/C33H26N6/c1-3-11-22(4-2)33-34-30-17-10-16-26-29(20-21-31(35-33)32(26)30)39-38-28-19-18-27(24-14-8-9-15-25(24)28)37-36-23-12-6-5-7-13-23/h3-21,33-35H,1-2H2/b22-11+,37-36+,39-38+. The van der Waals surface area contributed by atoms with Gasteiger partial charge in [-0.1, -0.05) is 86.0 Å². The molecule has 6 nitrogen and oxygen atoms in total. The lowest BCUT2D eigenvalue weighted by molar-refractivity contribution is 0.963. The van der Waals surface area contributed by atoms with E-state index in [1.807, 2.05) is 97.1 Å². The maximum Gasteiger partial charge on any atom is 0.123 e. The molecule has 1 heterocycles. The van der Waals surface area contributed by atoms with Crippen LogP contribution in [-0.4, -0.2) is 6.17 Å². The van der Waals surface area contributed by atoms with Crippen LogP contribution in [0.3, 0.4) is 0 Å². The van der Waals surface area contributed by atoms with Crippen LogP contribution in [0.4, 0.5) is 34.1 Å². The first kappa shape index (κ1) is 24.0. The Kier molecular flexibility index (Phi) is 6.50. The van der Waals surface area contributed by atoms with Crippen LogP contribution in [0, 0.1) is 0 Å². The van der Waals surface area contributed by atoms with E-state index in [2.05, 4.69) is 51.3 Å². The quantitative estimate of drug-likeness (QED) is 0.170. The van der Waals surface area contributed by atoms with Crippen molar-refractivity contribution in [2.75, 3.05) is 10.6 Å². The molecule has 0 saturated carbocycles. The lowest BCUT2D eigenvalue weighted by atomic mass is 10.0. The molecule has 188 valence electrons. The van der Waals surface area contributed by atoms with Gasteiger partial charge in [0.2, 0.25) is 0 Å². The fourth-order valence-electron chi connectivity index (χ4n) is 4.81. The van der Waals surface area contributed by atoms with Crippen molar-refractivity contribution in [1.82, 2.24) is 0 Å². The Morgan fingerprint density at radius 2 is 1.15 bits per heavy atom. The van der Waals surface area contributed by atoms with Crippen molar-refractivity contribution in [3.05, 3.63) is 134 Å². The molecule has 6 rings (SSSR count). The molecule has 0 fully saturated rings. The highest BCUT2D eigenvalue weighted by molar-refractivity contribution is 6.09. The highest BCUT2D eigenvalue weighted by Gasteiger charge is 2.21. The number of anilines is 2. The van der Waals surface area contributed by atoms with E-state index in [4.69, 9.17) is 5.11 Å². The van der Waals surface area contributed by atoms with Crippen LogP contribution in [0.25, 0.3) is 21.5 Å². The largest absolute Gasteiger partial charge is 0.361 e. The summed E-state index contributed by atoms with van der Waals surface area (Å²) in [6.45, 7) is 7.76. The van der Waals surface area contributed by atoms with E-state index in [-0.39, 0.29) is 6.17 Å². The third-order valence-electron chi connectivity index (χ3n) is 6.67. The second kappa shape index (κ2) is 10.6. The summed E-state index contributed by atoms with van der Waals surface area (Å²) >= 11 is 0. The molecule has 0 saturated heterocycles. The van der Waals surface area contributed by atoms with Crippen molar-refractivity contribution in [3.8, 4) is 0 Å². The first-order valence-corrected chi connectivity index (χ1v) is 12.7. The summed E-state index contributed by atoms with van der Waals surface area (Å²) in [5.41, 5.74) is 6.21. The molecule has 6 heteroatoms. The number of rotatable bonds is 7. The molecular formula is C33H26N6. The molecule has 1 aliphatic heterocycles. The molecular weight excluding hydrogens is 480 g/mol. The Bertz CT molecular complexity index is 1790. The Morgan fingerprint density at radius 3 is 1.82 bits per heavy atom. The monoisotopic (exact) mass is 506 g/mol. The second-order valence-corrected chi connectivity index (χ2v) is 9.07. The molecule has 5 aromatic rings. The van der Waals surface area contributed by atoms with E-state index in [1.165, 1.54) is 0 Å². The molecule has 0 aliphatic carbocycles. The van der Waals surface area contributed by atoms with Gasteiger partial charge in [-0.05, 0) is 48.0 Å². The number of allylic oxidation sites excluding steroid dienone is 2. The minimum Gasteiger partial charge on any atom is -0.361 e. The highest BCUT2D eigenvalue weighted by Crippen LogP contribution is 2.41. The zero-order valence-electron chi connectivity index (χ0n) is 21.3. The Balaban J connectivity index is 1.35. The summed E-state index contributed by atoms with van der Waals surface area (Å²) in [6, 6.07) is 31.8. The summed E-state index contributed by atoms with van der Waals surface area (Å²) < 4.78 is 0. The van der Waals surface area contributed by atoms with Gasteiger partial charge in [0, 0.05) is 32.9 Å². The average Bonchev–Trinajstić information content (AvgIpc) is 2.99. The van der Waals surface area contributed by atoms with Crippen molar-refractivity contribution < 1.29 is 0 Å². The summed E-state index contributed by atoms with van der Waals surface area (Å²) in [5, 5.41) is 29.4. The van der Waals surface area contributed by atoms with Crippen molar-refractivity contribution in [2.45, 2.75) is 6.17 Å². The zero-order valence-corrected chi connectivity index (χ0v) is 21.3. The van der Waals surface area contributed by atoms with Gasteiger partial charge < -0.3 is 10.6 Å². The Hall–Kier alpha value is -5.36. The lowest BCUT2D eigenvalue weighted by Gasteiger charge is -2.30. The fourth-order valence-corrected chi connectivity index (χ4v) is 4.81. The minimum absolute atomic E-state index is 0.102. The van der Waals surface area contributed by atoms with Crippen LogP contribution < -0.4 is 10.6 Å². The SMILES string of the molecule is C=C/C=C(\C=C)C1Nc2cccc3c(/N=N/c4ccc(/N=N/c5ccccc5)c5ccccc45)ccc(c23)N1. The van der Waals surface area contributed by atoms with Crippen molar-refractivity contribution in [1.29, 1.82) is 0 Å². The number of nitrogens with zero attached hydrogens (tertiary/aromatic N) is 4. The smallest absolute Gasteiger partial charge is 0.123 e. The third-order valence-corrected chi connectivity index (χ3v) is 6.67. The number of hydrogen-bond donors (Lipinski definition) is 2. The van der Waals surface area contributed by atoms with Gasteiger partial charge in [0.05, 0.1) is 22.7 Å². The predicted molar refractivity (Wildman–Crippen MR) is 162 cm³/mol. The summed E-state index contributed by atoms with van der Waals surface area (Å²) in [7, 11) is 0. The van der Waals surface area contributed by atoms with Gasteiger partial charge >= 0.3 is 0 Å². The van der Waals surface area contributed by atoms with Gasteiger partial charge in [-0.2, -0.15) is 5.11 Å². The molecule has 0 radical (unpaired) electrons. The van der Waals surface area contributed by atoms with Crippen LogP contribution >= 0.6 is 0 Å². The van der Waals surface area contributed by atoms with Crippen molar-refractivity contribution in [2.24, 2.45) is 20.5 Å². The van der Waals surface area contributed by atoms with Crippen molar-refractivity contribution >= 4 is 55.7 Å². The Morgan fingerprint density at radius 1 is 0.590 bits per heavy atom. The summed E-state index contributed by atoms with van der Waals surface area (Å²) in [4.78, 5) is 0. The van der Waals surface area contributed by atoms with Crippen LogP contribution in [0.2, 0.25) is 0 Å². The van der Waals surface area contributed by atoms with Crippen LogP contribution in [-0.2, 0) is 0 Å². The molecule has 39 heavy (non-hydrogen) atoms. The van der Waals surface area contributed by atoms with Gasteiger partial charge in [-0.3, -0.25) is 0 Å². The molecule has 2 N–H and O–H groups in total. The number of nitrogens with one attached hydrogen (secondary N) is 2.